The van der Waals surface area contributed by atoms with Crippen LogP contribution in [0.2, 0.25) is 5.02 Å². The molecule has 3 aromatic rings. The highest BCUT2D eigenvalue weighted by Crippen LogP contribution is 2.31. The topological polar surface area (TPSA) is 49.4 Å². The Kier molecular flexibility index (Phi) is 6.37. The van der Waals surface area contributed by atoms with Crippen molar-refractivity contribution >= 4 is 34.7 Å². The van der Waals surface area contributed by atoms with E-state index in [1.807, 2.05) is 36.4 Å². The maximum Gasteiger partial charge on any atom is 0.278 e. The van der Waals surface area contributed by atoms with Crippen LogP contribution in [0, 0.1) is 5.82 Å². The molecule has 0 atom stereocenters. The van der Waals surface area contributed by atoms with E-state index in [0.717, 1.165) is 12.0 Å². The molecule has 3 aromatic carbocycles. The molecule has 4 rings (SSSR count). The summed E-state index contributed by atoms with van der Waals surface area (Å²) < 4.78 is 13.5. The molecular weight excluding hydrogens is 427 g/mol. The summed E-state index contributed by atoms with van der Waals surface area (Å²) >= 11 is 5.94. The number of hydrogen-bond donors (Lipinski definition) is 1. The Hall–Kier alpha value is -3.44. The van der Waals surface area contributed by atoms with Crippen molar-refractivity contribution in [2.24, 2.45) is 0 Å². The van der Waals surface area contributed by atoms with Crippen molar-refractivity contribution in [2.45, 2.75) is 19.8 Å². The van der Waals surface area contributed by atoms with Crippen molar-refractivity contribution in [3.63, 3.8) is 0 Å². The highest BCUT2D eigenvalue weighted by molar-refractivity contribution is 6.36. The fraction of sp³-hybridized carbons (Fsp3) is 0.154. The van der Waals surface area contributed by atoms with Gasteiger partial charge in [-0.2, -0.15) is 0 Å². The van der Waals surface area contributed by atoms with E-state index in [0.29, 0.717) is 22.7 Å². The Morgan fingerprint density at radius 1 is 0.844 bits per heavy atom. The van der Waals surface area contributed by atoms with Gasteiger partial charge in [0.2, 0.25) is 0 Å². The van der Waals surface area contributed by atoms with Crippen LogP contribution in [-0.2, 0) is 22.4 Å². The summed E-state index contributed by atoms with van der Waals surface area (Å²) in [6.07, 6.45) is 1.41. The molecule has 4 nitrogen and oxygen atoms in total. The summed E-state index contributed by atoms with van der Waals surface area (Å²) in [5.74, 6) is -1.21. The van der Waals surface area contributed by atoms with Crippen molar-refractivity contribution < 1.29 is 14.0 Å². The predicted molar refractivity (Wildman–Crippen MR) is 125 cm³/mol. The fourth-order valence-electron chi connectivity index (χ4n) is 3.64. The molecule has 32 heavy (non-hydrogen) atoms. The van der Waals surface area contributed by atoms with Crippen LogP contribution in [0.3, 0.4) is 0 Å². The van der Waals surface area contributed by atoms with Crippen LogP contribution >= 0.6 is 11.6 Å². The van der Waals surface area contributed by atoms with Gasteiger partial charge in [-0.1, -0.05) is 54.9 Å². The SMILES string of the molecule is CCc1ccc(NC2=C(c3ccc(F)cc3)C(=O)N(CCc3ccc(Cl)cc3)C2=O)cc1. The first-order valence-corrected chi connectivity index (χ1v) is 10.8. The normalized spacial score (nSPS) is 13.8. The van der Waals surface area contributed by atoms with Crippen LogP contribution in [0.25, 0.3) is 5.57 Å². The van der Waals surface area contributed by atoms with E-state index in [9.17, 15) is 14.0 Å². The van der Waals surface area contributed by atoms with E-state index < -0.39 is 17.6 Å². The third-order valence-corrected chi connectivity index (χ3v) is 5.72. The number of imide groups is 1. The second kappa shape index (κ2) is 9.37. The Bertz CT molecular complexity index is 1170. The van der Waals surface area contributed by atoms with Crippen LogP contribution in [0.5, 0.6) is 0 Å². The van der Waals surface area contributed by atoms with Gasteiger partial charge in [0.05, 0.1) is 5.57 Å². The zero-order valence-corrected chi connectivity index (χ0v) is 18.3. The summed E-state index contributed by atoms with van der Waals surface area (Å²) in [7, 11) is 0. The Morgan fingerprint density at radius 3 is 2.09 bits per heavy atom. The van der Waals surface area contributed by atoms with Gasteiger partial charge in [-0.05, 0) is 65.9 Å². The summed E-state index contributed by atoms with van der Waals surface area (Å²) in [5, 5.41) is 3.76. The number of halogens is 2. The Morgan fingerprint density at radius 2 is 1.47 bits per heavy atom. The molecule has 1 aliphatic rings. The zero-order chi connectivity index (χ0) is 22.7. The highest BCUT2D eigenvalue weighted by atomic mass is 35.5. The molecule has 1 N–H and O–H groups in total. The minimum absolute atomic E-state index is 0.196. The number of hydrogen-bond acceptors (Lipinski definition) is 3. The zero-order valence-electron chi connectivity index (χ0n) is 17.6. The molecule has 0 aromatic heterocycles. The van der Waals surface area contributed by atoms with Gasteiger partial charge in [-0.25, -0.2) is 4.39 Å². The first-order chi connectivity index (χ1) is 15.5. The highest BCUT2D eigenvalue weighted by Gasteiger charge is 2.38. The van der Waals surface area contributed by atoms with Crippen molar-refractivity contribution in [1.82, 2.24) is 4.90 Å². The second-order valence-electron chi connectivity index (χ2n) is 7.57. The van der Waals surface area contributed by atoms with Crippen molar-refractivity contribution in [2.75, 3.05) is 11.9 Å². The quantitative estimate of drug-likeness (QED) is 0.487. The molecule has 6 heteroatoms. The van der Waals surface area contributed by atoms with Crippen LogP contribution < -0.4 is 5.32 Å². The molecule has 162 valence electrons. The van der Waals surface area contributed by atoms with Gasteiger partial charge in [0.1, 0.15) is 11.5 Å². The third-order valence-electron chi connectivity index (χ3n) is 5.47. The molecule has 0 saturated heterocycles. The lowest BCUT2D eigenvalue weighted by atomic mass is 10.0. The van der Waals surface area contributed by atoms with Crippen LogP contribution in [0.4, 0.5) is 10.1 Å². The number of rotatable bonds is 7. The minimum Gasteiger partial charge on any atom is -0.350 e. The minimum atomic E-state index is -0.407. The molecule has 0 radical (unpaired) electrons. The third kappa shape index (κ3) is 4.58. The molecule has 0 saturated carbocycles. The number of nitrogens with one attached hydrogen (secondary N) is 1. The fourth-order valence-corrected chi connectivity index (χ4v) is 3.77. The number of aryl methyl sites for hydroxylation is 1. The van der Waals surface area contributed by atoms with Gasteiger partial charge in [0.25, 0.3) is 11.8 Å². The number of amides is 2. The van der Waals surface area contributed by atoms with Gasteiger partial charge in [-0.15, -0.1) is 0 Å². The molecule has 0 aliphatic carbocycles. The van der Waals surface area contributed by atoms with E-state index in [1.54, 1.807) is 12.1 Å². The summed E-state index contributed by atoms with van der Waals surface area (Å²) in [5.41, 5.74) is 3.77. The van der Waals surface area contributed by atoms with E-state index in [1.165, 1.54) is 34.7 Å². The molecule has 2 amide bonds. The lowest BCUT2D eigenvalue weighted by Gasteiger charge is -2.15. The molecule has 1 aliphatic heterocycles. The van der Waals surface area contributed by atoms with Crippen LogP contribution in [-0.4, -0.2) is 23.3 Å². The number of anilines is 1. The number of carbonyl (C=O) groups excluding carboxylic acids is 2. The first kappa shape index (κ1) is 21.8. The summed E-state index contributed by atoms with van der Waals surface area (Å²) in [6, 6.07) is 20.6. The van der Waals surface area contributed by atoms with E-state index >= 15 is 0 Å². The number of carbonyl (C=O) groups is 2. The smallest absolute Gasteiger partial charge is 0.278 e. The second-order valence-corrected chi connectivity index (χ2v) is 8.01. The van der Waals surface area contributed by atoms with Gasteiger partial charge >= 0.3 is 0 Å². The van der Waals surface area contributed by atoms with E-state index in [2.05, 4.69) is 12.2 Å². The molecule has 0 fully saturated rings. The van der Waals surface area contributed by atoms with Gasteiger partial charge in [0, 0.05) is 17.3 Å². The van der Waals surface area contributed by atoms with Gasteiger partial charge < -0.3 is 5.32 Å². The van der Waals surface area contributed by atoms with Crippen LogP contribution in [0.15, 0.2) is 78.5 Å². The Balaban J connectivity index is 1.64. The maximum absolute atomic E-state index is 13.5. The van der Waals surface area contributed by atoms with Crippen molar-refractivity contribution in [3.05, 3.63) is 106 Å². The predicted octanol–water partition coefficient (Wildman–Crippen LogP) is 5.48. The monoisotopic (exact) mass is 448 g/mol. The lowest BCUT2D eigenvalue weighted by molar-refractivity contribution is -0.136. The molecule has 0 bridgehead atoms. The largest absolute Gasteiger partial charge is 0.350 e. The molecule has 0 unspecified atom stereocenters. The Labute approximate surface area is 191 Å². The average molecular weight is 449 g/mol. The van der Waals surface area contributed by atoms with Crippen molar-refractivity contribution in [3.8, 4) is 0 Å². The van der Waals surface area contributed by atoms with Gasteiger partial charge in [0.15, 0.2) is 0 Å². The first-order valence-electron chi connectivity index (χ1n) is 10.4. The number of benzene rings is 3. The molecule has 1 heterocycles. The van der Waals surface area contributed by atoms with Crippen molar-refractivity contribution in [1.29, 1.82) is 0 Å². The maximum atomic E-state index is 13.5. The van der Waals surface area contributed by atoms with Gasteiger partial charge in [-0.3, -0.25) is 14.5 Å². The van der Waals surface area contributed by atoms with E-state index in [-0.39, 0.29) is 17.8 Å². The average Bonchev–Trinajstić information content (AvgIpc) is 3.03. The lowest BCUT2D eigenvalue weighted by Crippen LogP contribution is -2.34. The van der Waals surface area contributed by atoms with Crippen LogP contribution in [0.1, 0.15) is 23.6 Å². The summed E-state index contributed by atoms with van der Waals surface area (Å²) in [6.45, 7) is 2.29. The number of nitrogens with zero attached hydrogens (tertiary/aromatic N) is 1. The standard InChI is InChI=1S/C26H22ClFN2O2/c1-2-17-5-13-22(14-6-17)29-24-23(19-7-11-21(28)12-8-19)25(31)30(26(24)32)16-15-18-3-9-20(27)10-4-18/h3-14,29H,2,15-16H2,1H3. The molecule has 0 spiro atoms. The molecular formula is C26H22ClFN2O2. The summed E-state index contributed by atoms with van der Waals surface area (Å²) in [4.78, 5) is 27.8. The van der Waals surface area contributed by atoms with E-state index in [4.69, 9.17) is 11.6 Å².